The number of halogens is 1. The third kappa shape index (κ3) is 3.98. The topological polar surface area (TPSA) is 32.3 Å². The van der Waals surface area contributed by atoms with Crippen molar-refractivity contribution in [1.29, 1.82) is 0 Å². The number of aliphatic hydroxyl groups excluding tert-OH is 1. The van der Waals surface area contributed by atoms with Gasteiger partial charge in [-0.2, -0.15) is 0 Å². The summed E-state index contributed by atoms with van der Waals surface area (Å²) in [6.45, 7) is 7.47. The molecular formula is C15H24ClNO. The molecule has 1 aromatic carbocycles. The van der Waals surface area contributed by atoms with Crippen LogP contribution in [0.2, 0.25) is 5.02 Å². The van der Waals surface area contributed by atoms with Gasteiger partial charge >= 0.3 is 0 Å². The van der Waals surface area contributed by atoms with Gasteiger partial charge in [0.15, 0.2) is 0 Å². The molecule has 2 N–H and O–H groups in total. The summed E-state index contributed by atoms with van der Waals surface area (Å²) in [5.41, 5.74) is 1.22. The maximum absolute atomic E-state index is 9.54. The number of aliphatic hydroxyl groups is 1. The number of hydrogen-bond acceptors (Lipinski definition) is 2. The van der Waals surface area contributed by atoms with Crippen molar-refractivity contribution in [2.45, 2.75) is 39.7 Å². The molecule has 0 aliphatic heterocycles. The molecule has 0 aliphatic rings. The SMILES string of the molecule is CCC(CC)(CO)CNC(C)c1ccc(Cl)cc1. The van der Waals surface area contributed by atoms with Gasteiger partial charge in [-0.25, -0.2) is 0 Å². The molecule has 1 unspecified atom stereocenters. The van der Waals surface area contributed by atoms with Crippen molar-refractivity contribution in [3.63, 3.8) is 0 Å². The Kier molecular flexibility index (Phi) is 6.13. The van der Waals surface area contributed by atoms with Crippen LogP contribution in [-0.4, -0.2) is 18.3 Å². The van der Waals surface area contributed by atoms with Gasteiger partial charge in [0, 0.05) is 29.6 Å². The molecular weight excluding hydrogens is 246 g/mol. The first kappa shape index (κ1) is 15.5. The van der Waals surface area contributed by atoms with Crippen LogP contribution in [0.4, 0.5) is 0 Å². The fourth-order valence-corrected chi connectivity index (χ4v) is 2.14. The van der Waals surface area contributed by atoms with Gasteiger partial charge < -0.3 is 10.4 Å². The molecule has 0 saturated heterocycles. The average molecular weight is 270 g/mol. The first-order valence-corrected chi connectivity index (χ1v) is 7.04. The smallest absolute Gasteiger partial charge is 0.0499 e. The molecule has 1 aromatic rings. The molecule has 1 rings (SSSR count). The highest BCUT2D eigenvalue weighted by Gasteiger charge is 2.25. The maximum atomic E-state index is 9.54. The minimum Gasteiger partial charge on any atom is -0.396 e. The second-order valence-electron chi connectivity index (χ2n) is 5.02. The van der Waals surface area contributed by atoms with Gasteiger partial charge in [-0.1, -0.05) is 37.6 Å². The van der Waals surface area contributed by atoms with Gasteiger partial charge in [0.05, 0.1) is 0 Å². The van der Waals surface area contributed by atoms with Crippen molar-refractivity contribution < 1.29 is 5.11 Å². The van der Waals surface area contributed by atoms with Crippen LogP contribution in [0.25, 0.3) is 0 Å². The van der Waals surface area contributed by atoms with E-state index in [0.717, 1.165) is 24.4 Å². The molecule has 0 heterocycles. The van der Waals surface area contributed by atoms with Crippen LogP contribution in [0, 0.1) is 5.41 Å². The zero-order valence-corrected chi connectivity index (χ0v) is 12.3. The summed E-state index contributed by atoms with van der Waals surface area (Å²) in [5, 5.41) is 13.8. The van der Waals surface area contributed by atoms with Crippen LogP contribution in [0.15, 0.2) is 24.3 Å². The Morgan fingerprint density at radius 3 is 2.22 bits per heavy atom. The average Bonchev–Trinajstić information content (AvgIpc) is 2.41. The molecule has 2 nitrogen and oxygen atoms in total. The van der Waals surface area contributed by atoms with Crippen LogP contribution in [0.1, 0.15) is 45.2 Å². The second-order valence-corrected chi connectivity index (χ2v) is 5.46. The van der Waals surface area contributed by atoms with Crippen molar-refractivity contribution >= 4 is 11.6 Å². The lowest BCUT2D eigenvalue weighted by Crippen LogP contribution is -2.37. The summed E-state index contributed by atoms with van der Waals surface area (Å²) < 4.78 is 0. The summed E-state index contributed by atoms with van der Waals surface area (Å²) in [7, 11) is 0. The molecule has 1 atom stereocenters. The normalized spacial score (nSPS) is 13.6. The molecule has 0 aliphatic carbocycles. The molecule has 0 bridgehead atoms. The second kappa shape index (κ2) is 7.13. The highest BCUT2D eigenvalue weighted by Crippen LogP contribution is 2.26. The van der Waals surface area contributed by atoms with Crippen molar-refractivity contribution in [3.8, 4) is 0 Å². The highest BCUT2D eigenvalue weighted by atomic mass is 35.5. The lowest BCUT2D eigenvalue weighted by Gasteiger charge is -2.31. The molecule has 0 spiro atoms. The van der Waals surface area contributed by atoms with Gasteiger partial charge in [0.1, 0.15) is 0 Å². The van der Waals surface area contributed by atoms with Gasteiger partial charge in [-0.15, -0.1) is 0 Å². The molecule has 18 heavy (non-hydrogen) atoms. The summed E-state index contributed by atoms with van der Waals surface area (Å²) in [4.78, 5) is 0. The monoisotopic (exact) mass is 269 g/mol. The first-order valence-electron chi connectivity index (χ1n) is 6.66. The fourth-order valence-electron chi connectivity index (χ4n) is 2.02. The van der Waals surface area contributed by atoms with Crippen LogP contribution in [0.5, 0.6) is 0 Å². The Morgan fingerprint density at radius 1 is 1.22 bits per heavy atom. The summed E-state index contributed by atoms with van der Waals surface area (Å²) in [6, 6.07) is 8.17. The zero-order chi connectivity index (χ0) is 13.6. The summed E-state index contributed by atoms with van der Waals surface area (Å²) in [5.74, 6) is 0. The van der Waals surface area contributed by atoms with Crippen LogP contribution < -0.4 is 5.32 Å². The van der Waals surface area contributed by atoms with Gasteiger partial charge in [0.25, 0.3) is 0 Å². The van der Waals surface area contributed by atoms with E-state index in [1.165, 1.54) is 5.56 Å². The Hall–Kier alpha value is -0.570. The largest absolute Gasteiger partial charge is 0.396 e. The lowest BCUT2D eigenvalue weighted by molar-refractivity contribution is 0.110. The van der Waals surface area contributed by atoms with Crippen LogP contribution >= 0.6 is 11.6 Å². The Bertz CT molecular complexity index is 338. The van der Waals surface area contributed by atoms with Crippen molar-refractivity contribution in [3.05, 3.63) is 34.9 Å². The zero-order valence-electron chi connectivity index (χ0n) is 11.5. The molecule has 0 saturated carbocycles. The molecule has 3 heteroatoms. The van der Waals surface area contributed by atoms with Crippen molar-refractivity contribution in [1.82, 2.24) is 5.32 Å². The maximum Gasteiger partial charge on any atom is 0.0499 e. The first-order chi connectivity index (χ1) is 8.56. The van der Waals surface area contributed by atoms with Crippen molar-refractivity contribution in [2.24, 2.45) is 5.41 Å². The van der Waals surface area contributed by atoms with E-state index in [2.05, 4.69) is 26.1 Å². The lowest BCUT2D eigenvalue weighted by atomic mass is 9.83. The van der Waals surface area contributed by atoms with E-state index in [0.29, 0.717) is 0 Å². The summed E-state index contributed by atoms with van der Waals surface area (Å²) in [6.07, 6.45) is 1.97. The van der Waals surface area contributed by atoms with E-state index in [1.54, 1.807) is 0 Å². The number of benzene rings is 1. The minimum atomic E-state index is 0.000680. The van der Waals surface area contributed by atoms with E-state index in [-0.39, 0.29) is 18.1 Å². The molecule has 0 amide bonds. The van der Waals surface area contributed by atoms with Gasteiger partial charge in [-0.3, -0.25) is 0 Å². The predicted octanol–water partition coefficient (Wildman–Crippen LogP) is 3.79. The fraction of sp³-hybridized carbons (Fsp3) is 0.600. The summed E-state index contributed by atoms with van der Waals surface area (Å²) >= 11 is 5.88. The van der Waals surface area contributed by atoms with E-state index in [9.17, 15) is 5.11 Å². The van der Waals surface area contributed by atoms with E-state index in [4.69, 9.17) is 11.6 Å². The molecule has 0 fully saturated rings. The Labute approximate surface area is 115 Å². The van der Waals surface area contributed by atoms with Gasteiger partial charge in [0.2, 0.25) is 0 Å². The third-order valence-electron chi connectivity index (χ3n) is 3.99. The number of rotatable bonds is 7. The molecule has 102 valence electrons. The van der Waals surface area contributed by atoms with E-state index in [1.807, 2.05) is 24.3 Å². The van der Waals surface area contributed by atoms with E-state index >= 15 is 0 Å². The standard InChI is InChI=1S/C15H24ClNO/c1-4-15(5-2,11-18)10-17-12(3)13-6-8-14(16)9-7-13/h6-9,12,17-18H,4-5,10-11H2,1-3H3. The van der Waals surface area contributed by atoms with E-state index < -0.39 is 0 Å². The molecule has 0 aromatic heterocycles. The minimum absolute atomic E-state index is 0.000680. The molecule has 0 radical (unpaired) electrons. The highest BCUT2D eigenvalue weighted by molar-refractivity contribution is 6.30. The quantitative estimate of drug-likeness (QED) is 0.789. The predicted molar refractivity (Wildman–Crippen MR) is 78.0 cm³/mol. The van der Waals surface area contributed by atoms with Gasteiger partial charge in [-0.05, 0) is 37.5 Å². The third-order valence-corrected chi connectivity index (χ3v) is 4.24. The number of nitrogens with one attached hydrogen (secondary N) is 1. The van der Waals surface area contributed by atoms with Crippen LogP contribution in [0.3, 0.4) is 0 Å². The van der Waals surface area contributed by atoms with Crippen LogP contribution in [-0.2, 0) is 0 Å². The Morgan fingerprint density at radius 2 is 1.78 bits per heavy atom. The number of hydrogen-bond donors (Lipinski definition) is 2. The Balaban J connectivity index is 2.59. The van der Waals surface area contributed by atoms with Crippen molar-refractivity contribution in [2.75, 3.05) is 13.2 Å².